The molecule has 0 radical (unpaired) electrons. The van der Waals surface area contributed by atoms with Crippen LogP contribution >= 0.6 is 0 Å². The number of carbonyl (C=O) groups is 1. The Labute approximate surface area is 194 Å². The first kappa shape index (κ1) is 23.8. The van der Waals surface area contributed by atoms with E-state index in [-0.39, 0.29) is 11.5 Å². The topological polar surface area (TPSA) is 87.5 Å². The second-order valence-corrected chi connectivity index (χ2v) is 7.63. The first-order chi connectivity index (χ1) is 16.1. The van der Waals surface area contributed by atoms with Crippen LogP contribution in [0.5, 0.6) is 0 Å². The number of benzene rings is 2. The van der Waals surface area contributed by atoms with Gasteiger partial charge in [-0.2, -0.15) is 0 Å². The van der Waals surface area contributed by atoms with Crippen LogP contribution < -0.4 is 21.5 Å². The molecule has 3 aromatic rings. The molecule has 0 aliphatic carbocycles. The van der Waals surface area contributed by atoms with E-state index < -0.39 is 0 Å². The Morgan fingerprint density at radius 1 is 0.939 bits per heavy atom. The van der Waals surface area contributed by atoms with Gasteiger partial charge in [0, 0.05) is 38.0 Å². The highest BCUT2D eigenvalue weighted by molar-refractivity contribution is 5.94. The van der Waals surface area contributed by atoms with Gasteiger partial charge in [0.25, 0.3) is 11.5 Å². The molecule has 2 aromatic carbocycles. The van der Waals surface area contributed by atoms with Crippen LogP contribution in [0.4, 0.5) is 0 Å². The lowest BCUT2D eigenvalue weighted by Crippen LogP contribution is -2.38. The summed E-state index contributed by atoms with van der Waals surface area (Å²) in [6, 6.07) is 21.0. The number of aliphatic imine (C=N–C) groups is 1. The van der Waals surface area contributed by atoms with Crippen molar-refractivity contribution in [3.8, 4) is 0 Å². The largest absolute Gasteiger partial charge is 0.357 e. The van der Waals surface area contributed by atoms with E-state index in [4.69, 9.17) is 0 Å². The zero-order valence-electron chi connectivity index (χ0n) is 19.2. The maximum absolute atomic E-state index is 11.9. The van der Waals surface area contributed by atoms with Crippen molar-refractivity contribution in [3.63, 3.8) is 0 Å². The average molecular weight is 446 g/mol. The SMILES string of the molecule is CCNC(=NCc1ccc(Cn2ccccc2=O)cc1)NCCc1cccc(C(=O)NC)c1. The molecule has 7 heteroatoms. The summed E-state index contributed by atoms with van der Waals surface area (Å²) in [4.78, 5) is 28.4. The van der Waals surface area contributed by atoms with Crippen molar-refractivity contribution < 1.29 is 4.79 Å². The quantitative estimate of drug-likeness (QED) is 0.349. The van der Waals surface area contributed by atoms with Crippen molar-refractivity contribution in [2.24, 2.45) is 4.99 Å². The van der Waals surface area contributed by atoms with Gasteiger partial charge in [-0.25, -0.2) is 4.99 Å². The minimum absolute atomic E-state index is 0.00658. The second kappa shape index (κ2) is 12.2. The Kier molecular flexibility index (Phi) is 8.82. The van der Waals surface area contributed by atoms with E-state index in [2.05, 4.69) is 20.9 Å². The summed E-state index contributed by atoms with van der Waals surface area (Å²) in [7, 11) is 1.63. The molecule has 1 aromatic heterocycles. The summed E-state index contributed by atoms with van der Waals surface area (Å²) in [5, 5.41) is 9.27. The maximum atomic E-state index is 11.9. The van der Waals surface area contributed by atoms with Gasteiger partial charge in [0.05, 0.1) is 13.1 Å². The number of amides is 1. The smallest absolute Gasteiger partial charge is 0.251 e. The van der Waals surface area contributed by atoms with Crippen LogP contribution in [-0.2, 0) is 19.5 Å². The van der Waals surface area contributed by atoms with Crippen molar-refractivity contribution >= 4 is 11.9 Å². The molecule has 0 fully saturated rings. The van der Waals surface area contributed by atoms with Gasteiger partial charge in [0.2, 0.25) is 0 Å². The molecule has 172 valence electrons. The lowest BCUT2D eigenvalue weighted by atomic mass is 10.1. The zero-order valence-corrected chi connectivity index (χ0v) is 19.2. The minimum atomic E-state index is -0.0819. The number of aromatic nitrogens is 1. The Balaban J connectivity index is 1.54. The lowest BCUT2D eigenvalue weighted by Gasteiger charge is -2.12. The van der Waals surface area contributed by atoms with Crippen molar-refractivity contribution in [2.75, 3.05) is 20.1 Å². The number of nitrogens with one attached hydrogen (secondary N) is 3. The van der Waals surface area contributed by atoms with Gasteiger partial charge in [-0.15, -0.1) is 0 Å². The minimum Gasteiger partial charge on any atom is -0.357 e. The Morgan fingerprint density at radius 2 is 1.73 bits per heavy atom. The standard InChI is InChI=1S/C26H31N5O2/c1-3-28-26(29-15-14-20-7-6-8-23(17-20)25(33)27-2)30-18-21-10-12-22(13-11-21)19-31-16-5-4-9-24(31)32/h4-13,16-17H,3,14-15,18-19H2,1-2H3,(H,27,33)(H2,28,29,30). The first-order valence-electron chi connectivity index (χ1n) is 11.2. The average Bonchev–Trinajstić information content (AvgIpc) is 2.84. The van der Waals surface area contributed by atoms with Crippen molar-refractivity contribution in [1.29, 1.82) is 0 Å². The summed E-state index contributed by atoms with van der Waals surface area (Å²) >= 11 is 0. The number of nitrogens with zero attached hydrogens (tertiary/aromatic N) is 2. The number of carbonyl (C=O) groups excluding carboxylic acids is 1. The normalized spacial score (nSPS) is 11.2. The molecule has 0 spiro atoms. The van der Waals surface area contributed by atoms with Crippen molar-refractivity contribution in [2.45, 2.75) is 26.4 Å². The predicted molar refractivity (Wildman–Crippen MR) is 133 cm³/mol. The summed E-state index contributed by atoms with van der Waals surface area (Å²) in [6.45, 7) is 4.60. The zero-order chi connectivity index (χ0) is 23.5. The third-order valence-corrected chi connectivity index (χ3v) is 5.16. The van der Waals surface area contributed by atoms with Crippen molar-refractivity contribution in [1.82, 2.24) is 20.5 Å². The number of hydrogen-bond acceptors (Lipinski definition) is 3. The molecular weight excluding hydrogens is 414 g/mol. The molecule has 0 atom stereocenters. The van der Waals surface area contributed by atoms with Crippen LogP contribution in [0.3, 0.4) is 0 Å². The summed E-state index contributed by atoms with van der Waals surface area (Å²) in [5.74, 6) is 0.668. The number of guanidine groups is 1. The maximum Gasteiger partial charge on any atom is 0.251 e. The third kappa shape index (κ3) is 7.35. The van der Waals surface area contributed by atoms with E-state index in [0.29, 0.717) is 25.2 Å². The Morgan fingerprint density at radius 3 is 2.45 bits per heavy atom. The van der Waals surface area contributed by atoms with E-state index in [0.717, 1.165) is 35.6 Å². The molecule has 3 N–H and O–H groups in total. The molecule has 0 bridgehead atoms. The van der Waals surface area contributed by atoms with Crippen LogP contribution in [0.2, 0.25) is 0 Å². The molecule has 1 heterocycles. The molecule has 33 heavy (non-hydrogen) atoms. The van der Waals surface area contributed by atoms with Crippen LogP contribution in [0.25, 0.3) is 0 Å². The molecule has 0 saturated carbocycles. The second-order valence-electron chi connectivity index (χ2n) is 7.63. The van der Waals surface area contributed by atoms with Crippen LogP contribution in [0.1, 0.15) is 34.0 Å². The summed E-state index contributed by atoms with van der Waals surface area (Å²) in [5.41, 5.74) is 3.91. The van der Waals surface area contributed by atoms with Gasteiger partial charge >= 0.3 is 0 Å². The van der Waals surface area contributed by atoms with E-state index >= 15 is 0 Å². The first-order valence-corrected chi connectivity index (χ1v) is 11.2. The Bertz CT molecular complexity index is 1140. The molecule has 3 rings (SSSR count). The summed E-state index contributed by atoms with van der Waals surface area (Å²) < 4.78 is 1.69. The highest BCUT2D eigenvalue weighted by Crippen LogP contribution is 2.08. The molecular formula is C26H31N5O2. The molecule has 0 saturated heterocycles. The Hall–Kier alpha value is -3.87. The van der Waals surface area contributed by atoms with Crippen molar-refractivity contribution in [3.05, 3.63) is 106 Å². The molecule has 0 aliphatic heterocycles. The van der Waals surface area contributed by atoms with Crippen LogP contribution in [-0.4, -0.2) is 36.6 Å². The summed E-state index contributed by atoms with van der Waals surface area (Å²) in [6.07, 6.45) is 2.58. The molecule has 0 aliphatic rings. The van der Waals surface area contributed by atoms with Gasteiger partial charge in [0.1, 0.15) is 0 Å². The van der Waals surface area contributed by atoms with Gasteiger partial charge in [0.15, 0.2) is 5.96 Å². The fourth-order valence-electron chi connectivity index (χ4n) is 3.39. The highest BCUT2D eigenvalue weighted by Gasteiger charge is 2.04. The molecule has 7 nitrogen and oxygen atoms in total. The predicted octanol–water partition coefficient (Wildman–Crippen LogP) is 2.55. The fraction of sp³-hybridized carbons (Fsp3) is 0.269. The van der Waals surface area contributed by atoms with Gasteiger partial charge in [-0.05, 0) is 48.2 Å². The fourth-order valence-corrected chi connectivity index (χ4v) is 3.39. The van der Waals surface area contributed by atoms with E-state index in [1.165, 1.54) is 0 Å². The molecule has 0 unspecified atom stereocenters. The van der Waals surface area contributed by atoms with Crippen LogP contribution in [0.15, 0.2) is 82.7 Å². The van der Waals surface area contributed by atoms with E-state index in [1.807, 2.05) is 61.5 Å². The number of hydrogen-bond donors (Lipinski definition) is 3. The molecule has 1 amide bonds. The van der Waals surface area contributed by atoms with Gasteiger partial charge in [-0.1, -0.05) is 42.5 Å². The number of rotatable bonds is 9. The van der Waals surface area contributed by atoms with Crippen LogP contribution in [0, 0.1) is 0 Å². The van der Waals surface area contributed by atoms with E-state index in [9.17, 15) is 9.59 Å². The third-order valence-electron chi connectivity index (χ3n) is 5.16. The highest BCUT2D eigenvalue weighted by atomic mass is 16.1. The van der Waals surface area contributed by atoms with E-state index in [1.54, 1.807) is 29.9 Å². The lowest BCUT2D eigenvalue weighted by molar-refractivity contribution is 0.0963. The van der Waals surface area contributed by atoms with Gasteiger partial charge in [-0.3, -0.25) is 9.59 Å². The number of pyridine rings is 1. The van der Waals surface area contributed by atoms with Gasteiger partial charge < -0.3 is 20.5 Å². The monoisotopic (exact) mass is 445 g/mol.